The highest BCUT2D eigenvalue weighted by atomic mass is 19.1. The molecule has 0 radical (unpaired) electrons. The maximum absolute atomic E-state index is 14.1. The molecule has 1 aliphatic rings. The fraction of sp³-hybridized carbons (Fsp3) is 0.368. The van der Waals surface area contributed by atoms with Crippen molar-refractivity contribution in [2.24, 2.45) is 7.05 Å². The van der Waals surface area contributed by atoms with E-state index in [1.165, 1.54) is 6.07 Å². The first-order valence-electron chi connectivity index (χ1n) is 8.66. The van der Waals surface area contributed by atoms with Crippen molar-refractivity contribution in [3.05, 3.63) is 48.2 Å². The van der Waals surface area contributed by atoms with Gasteiger partial charge in [0.1, 0.15) is 11.3 Å². The van der Waals surface area contributed by atoms with Gasteiger partial charge in [-0.1, -0.05) is 12.1 Å². The SMILES string of the molecule is Cc1cc(NC2CCCN(c3cnn(C)c3)C2)c2cccc(F)c2n1. The van der Waals surface area contributed by atoms with Gasteiger partial charge in [0.25, 0.3) is 0 Å². The van der Waals surface area contributed by atoms with Crippen molar-refractivity contribution in [1.82, 2.24) is 14.8 Å². The van der Waals surface area contributed by atoms with Gasteiger partial charge in [-0.2, -0.15) is 5.10 Å². The summed E-state index contributed by atoms with van der Waals surface area (Å²) in [5.74, 6) is -0.273. The zero-order valence-electron chi connectivity index (χ0n) is 14.5. The molecular weight excluding hydrogens is 317 g/mol. The van der Waals surface area contributed by atoms with Crippen LogP contribution in [0.15, 0.2) is 36.7 Å². The first-order valence-corrected chi connectivity index (χ1v) is 8.66. The van der Waals surface area contributed by atoms with E-state index in [9.17, 15) is 4.39 Å². The Hall–Kier alpha value is -2.63. The first-order chi connectivity index (χ1) is 12.1. The zero-order valence-corrected chi connectivity index (χ0v) is 14.5. The van der Waals surface area contributed by atoms with E-state index in [1.807, 2.05) is 43.2 Å². The summed E-state index contributed by atoms with van der Waals surface area (Å²) in [7, 11) is 1.93. The molecule has 25 heavy (non-hydrogen) atoms. The normalized spacial score (nSPS) is 17.9. The fourth-order valence-electron chi connectivity index (χ4n) is 3.58. The number of hydrogen-bond donors (Lipinski definition) is 1. The molecule has 0 aliphatic carbocycles. The van der Waals surface area contributed by atoms with Crippen molar-refractivity contribution in [1.29, 1.82) is 0 Å². The lowest BCUT2D eigenvalue weighted by atomic mass is 10.0. The van der Waals surface area contributed by atoms with Crippen molar-refractivity contribution in [3.8, 4) is 0 Å². The Morgan fingerprint density at radius 3 is 3.00 bits per heavy atom. The lowest BCUT2D eigenvalue weighted by molar-refractivity contribution is 0.530. The molecule has 1 aliphatic heterocycles. The molecule has 2 aromatic heterocycles. The topological polar surface area (TPSA) is 46.0 Å². The monoisotopic (exact) mass is 339 g/mol. The quantitative estimate of drug-likeness (QED) is 0.793. The van der Waals surface area contributed by atoms with E-state index >= 15 is 0 Å². The molecule has 5 nitrogen and oxygen atoms in total. The average molecular weight is 339 g/mol. The predicted octanol–water partition coefficient (Wildman–Crippen LogP) is 3.50. The summed E-state index contributed by atoms with van der Waals surface area (Å²) >= 11 is 0. The van der Waals surface area contributed by atoms with Crippen LogP contribution < -0.4 is 10.2 Å². The van der Waals surface area contributed by atoms with E-state index in [4.69, 9.17) is 0 Å². The number of benzene rings is 1. The third-order valence-corrected chi connectivity index (χ3v) is 4.76. The van der Waals surface area contributed by atoms with Crippen LogP contribution in [0.2, 0.25) is 0 Å². The summed E-state index contributed by atoms with van der Waals surface area (Å²) in [6.07, 6.45) is 6.16. The second kappa shape index (κ2) is 6.35. The predicted molar refractivity (Wildman–Crippen MR) is 98.5 cm³/mol. The van der Waals surface area contributed by atoms with E-state index in [0.717, 1.165) is 48.4 Å². The summed E-state index contributed by atoms with van der Waals surface area (Å²) in [6.45, 7) is 3.85. The van der Waals surface area contributed by atoms with Gasteiger partial charge in [0.15, 0.2) is 0 Å². The van der Waals surface area contributed by atoms with E-state index in [-0.39, 0.29) is 5.82 Å². The molecule has 0 saturated carbocycles. The van der Waals surface area contributed by atoms with Gasteiger partial charge in [0.05, 0.1) is 11.9 Å². The van der Waals surface area contributed by atoms with Crippen LogP contribution in [0, 0.1) is 12.7 Å². The summed E-state index contributed by atoms with van der Waals surface area (Å²) in [5, 5.41) is 8.73. The number of pyridine rings is 1. The lowest BCUT2D eigenvalue weighted by Crippen LogP contribution is -2.42. The summed E-state index contributed by atoms with van der Waals surface area (Å²) < 4.78 is 15.9. The smallest absolute Gasteiger partial charge is 0.149 e. The van der Waals surface area contributed by atoms with Crippen LogP contribution in [0.25, 0.3) is 10.9 Å². The number of nitrogens with zero attached hydrogens (tertiary/aromatic N) is 4. The van der Waals surface area contributed by atoms with Crippen LogP contribution in [0.4, 0.5) is 15.8 Å². The molecule has 0 amide bonds. The Balaban J connectivity index is 1.59. The third-order valence-electron chi connectivity index (χ3n) is 4.76. The number of aryl methyl sites for hydroxylation is 2. The van der Waals surface area contributed by atoms with Gasteiger partial charge in [-0.3, -0.25) is 4.68 Å². The second-order valence-electron chi connectivity index (χ2n) is 6.75. The van der Waals surface area contributed by atoms with Crippen LogP contribution in [0.5, 0.6) is 0 Å². The molecule has 0 spiro atoms. The minimum atomic E-state index is -0.273. The average Bonchev–Trinajstić information content (AvgIpc) is 3.03. The largest absolute Gasteiger partial charge is 0.380 e. The van der Waals surface area contributed by atoms with Crippen molar-refractivity contribution in [3.63, 3.8) is 0 Å². The van der Waals surface area contributed by atoms with Crippen molar-refractivity contribution in [2.75, 3.05) is 23.3 Å². The van der Waals surface area contributed by atoms with Gasteiger partial charge >= 0.3 is 0 Å². The van der Waals surface area contributed by atoms with E-state index in [0.29, 0.717) is 11.6 Å². The van der Waals surface area contributed by atoms with Gasteiger partial charge in [0, 0.05) is 49.1 Å². The Kier molecular flexibility index (Phi) is 4.03. The minimum Gasteiger partial charge on any atom is -0.380 e. The molecule has 1 fully saturated rings. The maximum Gasteiger partial charge on any atom is 0.149 e. The third kappa shape index (κ3) is 3.16. The minimum absolute atomic E-state index is 0.273. The number of para-hydroxylation sites is 1. The summed E-state index contributed by atoms with van der Waals surface area (Å²) in [5.41, 5.74) is 3.36. The van der Waals surface area contributed by atoms with Gasteiger partial charge in [-0.25, -0.2) is 9.37 Å². The molecule has 6 heteroatoms. The highest BCUT2D eigenvalue weighted by Gasteiger charge is 2.22. The molecule has 3 heterocycles. The Labute approximate surface area is 146 Å². The van der Waals surface area contributed by atoms with Gasteiger partial charge in [-0.15, -0.1) is 0 Å². The molecule has 1 N–H and O–H groups in total. The Morgan fingerprint density at radius 2 is 2.20 bits per heavy atom. The number of piperidine rings is 1. The van der Waals surface area contributed by atoms with Crippen LogP contribution in [-0.2, 0) is 7.05 Å². The highest BCUT2D eigenvalue weighted by Crippen LogP contribution is 2.28. The molecule has 1 atom stereocenters. The summed E-state index contributed by atoms with van der Waals surface area (Å²) in [4.78, 5) is 6.71. The molecule has 1 saturated heterocycles. The lowest BCUT2D eigenvalue weighted by Gasteiger charge is -2.34. The van der Waals surface area contributed by atoms with Gasteiger partial charge in [-0.05, 0) is 31.9 Å². The number of fused-ring (bicyclic) bond motifs is 1. The molecular formula is C19H22FN5. The van der Waals surface area contributed by atoms with E-state index in [1.54, 1.807) is 6.07 Å². The number of aromatic nitrogens is 3. The molecule has 4 rings (SSSR count). The molecule has 1 unspecified atom stereocenters. The number of rotatable bonds is 3. The first kappa shape index (κ1) is 15.9. The standard InChI is InChI=1S/C19H22FN5/c1-13-9-18(16-6-3-7-17(20)19(16)22-13)23-14-5-4-8-25(11-14)15-10-21-24(2)12-15/h3,6-7,9-10,12,14H,4-5,8,11H2,1-2H3,(H,22,23). The molecule has 1 aromatic carbocycles. The molecule has 3 aromatic rings. The van der Waals surface area contributed by atoms with Crippen molar-refractivity contribution >= 4 is 22.3 Å². The van der Waals surface area contributed by atoms with Crippen LogP contribution in [0.3, 0.4) is 0 Å². The Morgan fingerprint density at radius 1 is 1.32 bits per heavy atom. The molecule has 0 bridgehead atoms. The van der Waals surface area contributed by atoms with Gasteiger partial charge in [0.2, 0.25) is 0 Å². The fourth-order valence-corrected chi connectivity index (χ4v) is 3.58. The second-order valence-corrected chi connectivity index (χ2v) is 6.75. The Bertz CT molecular complexity index is 904. The van der Waals surface area contributed by atoms with E-state index < -0.39 is 0 Å². The maximum atomic E-state index is 14.1. The van der Waals surface area contributed by atoms with Crippen LogP contribution in [0.1, 0.15) is 18.5 Å². The number of nitrogens with one attached hydrogen (secondary N) is 1. The van der Waals surface area contributed by atoms with Crippen LogP contribution >= 0.6 is 0 Å². The zero-order chi connectivity index (χ0) is 17.4. The van der Waals surface area contributed by atoms with Gasteiger partial charge < -0.3 is 10.2 Å². The van der Waals surface area contributed by atoms with Crippen molar-refractivity contribution < 1.29 is 4.39 Å². The number of hydrogen-bond acceptors (Lipinski definition) is 4. The van der Waals surface area contributed by atoms with E-state index in [2.05, 4.69) is 20.3 Å². The number of halogens is 1. The summed E-state index contributed by atoms with van der Waals surface area (Å²) in [6, 6.07) is 7.44. The highest BCUT2D eigenvalue weighted by molar-refractivity contribution is 5.92. The van der Waals surface area contributed by atoms with Crippen LogP contribution in [-0.4, -0.2) is 33.9 Å². The molecule has 130 valence electrons. The number of anilines is 2. The van der Waals surface area contributed by atoms with Crippen molar-refractivity contribution in [2.45, 2.75) is 25.8 Å².